The SMILES string of the molecule is CN(C)CCN(Cc1ccccc1)Cc1ccc2ccccc2c1. The van der Waals surface area contributed by atoms with Gasteiger partial charge in [0.15, 0.2) is 0 Å². The highest BCUT2D eigenvalue weighted by Gasteiger charge is 2.08. The monoisotopic (exact) mass is 318 g/mol. The highest BCUT2D eigenvalue weighted by molar-refractivity contribution is 5.82. The second kappa shape index (κ2) is 8.09. The number of hydrogen-bond acceptors (Lipinski definition) is 2. The summed E-state index contributed by atoms with van der Waals surface area (Å²) in [5.41, 5.74) is 2.75. The second-order valence-electron chi connectivity index (χ2n) is 6.68. The Morgan fingerprint density at radius 3 is 2.04 bits per heavy atom. The summed E-state index contributed by atoms with van der Waals surface area (Å²) in [7, 11) is 4.27. The molecule has 2 nitrogen and oxygen atoms in total. The highest BCUT2D eigenvalue weighted by atomic mass is 15.2. The van der Waals surface area contributed by atoms with Crippen LogP contribution in [0.2, 0.25) is 0 Å². The van der Waals surface area contributed by atoms with Crippen molar-refractivity contribution >= 4 is 10.8 Å². The molecule has 0 heterocycles. The van der Waals surface area contributed by atoms with Crippen LogP contribution in [0.1, 0.15) is 11.1 Å². The van der Waals surface area contributed by atoms with Crippen LogP contribution >= 0.6 is 0 Å². The smallest absolute Gasteiger partial charge is 0.0238 e. The van der Waals surface area contributed by atoms with Crippen LogP contribution in [-0.2, 0) is 13.1 Å². The molecule has 3 aromatic rings. The maximum absolute atomic E-state index is 2.53. The predicted octanol–water partition coefficient (Wildman–Crippen LogP) is 4.40. The molecule has 0 aliphatic carbocycles. The third-order valence-corrected chi connectivity index (χ3v) is 4.33. The van der Waals surface area contributed by atoms with Crippen molar-refractivity contribution in [1.82, 2.24) is 9.80 Å². The van der Waals surface area contributed by atoms with Crippen molar-refractivity contribution in [3.8, 4) is 0 Å². The molecular weight excluding hydrogens is 292 g/mol. The van der Waals surface area contributed by atoms with E-state index in [1.165, 1.54) is 21.9 Å². The van der Waals surface area contributed by atoms with E-state index < -0.39 is 0 Å². The second-order valence-corrected chi connectivity index (χ2v) is 6.68. The first-order chi connectivity index (χ1) is 11.7. The van der Waals surface area contributed by atoms with E-state index in [1.807, 2.05) is 0 Å². The molecule has 124 valence electrons. The molecule has 0 N–H and O–H groups in total. The molecule has 0 unspecified atom stereocenters. The number of hydrogen-bond donors (Lipinski definition) is 0. The van der Waals surface area contributed by atoms with Crippen LogP contribution in [0.15, 0.2) is 72.8 Å². The number of fused-ring (bicyclic) bond motifs is 1. The van der Waals surface area contributed by atoms with Crippen molar-refractivity contribution in [2.45, 2.75) is 13.1 Å². The Kier molecular flexibility index (Phi) is 5.63. The molecule has 0 atom stereocenters. The summed E-state index contributed by atoms with van der Waals surface area (Å²) in [6, 6.07) is 26.1. The lowest BCUT2D eigenvalue weighted by molar-refractivity contribution is 0.226. The Morgan fingerprint density at radius 2 is 1.29 bits per heavy atom. The Bertz CT molecular complexity index is 765. The fourth-order valence-electron chi connectivity index (χ4n) is 2.99. The van der Waals surface area contributed by atoms with Crippen LogP contribution < -0.4 is 0 Å². The van der Waals surface area contributed by atoms with Gasteiger partial charge < -0.3 is 4.90 Å². The normalized spacial score (nSPS) is 11.5. The van der Waals surface area contributed by atoms with E-state index in [0.717, 1.165) is 26.2 Å². The van der Waals surface area contributed by atoms with Gasteiger partial charge in [0.05, 0.1) is 0 Å². The highest BCUT2D eigenvalue weighted by Crippen LogP contribution is 2.17. The molecular formula is C22H26N2. The van der Waals surface area contributed by atoms with E-state index in [4.69, 9.17) is 0 Å². The molecule has 0 saturated heterocycles. The standard InChI is InChI=1S/C22H26N2/c1-23(2)14-15-24(17-19-8-4-3-5-9-19)18-20-12-13-21-10-6-7-11-22(21)16-20/h3-13,16H,14-15,17-18H2,1-2H3. The summed E-state index contributed by atoms with van der Waals surface area (Å²) in [4.78, 5) is 4.78. The van der Waals surface area contributed by atoms with Gasteiger partial charge in [-0.3, -0.25) is 4.90 Å². The topological polar surface area (TPSA) is 6.48 Å². The first-order valence-corrected chi connectivity index (χ1v) is 8.59. The van der Waals surface area contributed by atoms with Crippen LogP contribution in [0.4, 0.5) is 0 Å². The molecule has 0 amide bonds. The summed E-state index contributed by atoms with van der Waals surface area (Å²) in [5, 5.41) is 2.63. The minimum absolute atomic E-state index is 0.980. The summed E-state index contributed by atoms with van der Waals surface area (Å²) < 4.78 is 0. The lowest BCUT2D eigenvalue weighted by Gasteiger charge is -2.24. The van der Waals surface area contributed by atoms with Crippen molar-refractivity contribution < 1.29 is 0 Å². The van der Waals surface area contributed by atoms with E-state index in [9.17, 15) is 0 Å². The molecule has 3 aromatic carbocycles. The minimum atomic E-state index is 0.980. The lowest BCUT2D eigenvalue weighted by atomic mass is 10.1. The van der Waals surface area contributed by atoms with Gasteiger partial charge in [0, 0.05) is 26.2 Å². The molecule has 0 spiro atoms. The maximum Gasteiger partial charge on any atom is 0.0238 e. The number of benzene rings is 3. The number of likely N-dealkylation sites (N-methyl/N-ethyl adjacent to an activating group) is 1. The van der Waals surface area contributed by atoms with Gasteiger partial charge in [-0.25, -0.2) is 0 Å². The van der Waals surface area contributed by atoms with E-state index in [0.29, 0.717) is 0 Å². The fourth-order valence-corrected chi connectivity index (χ4v) is 2.99. The van der Waals surface area contributed by atoms with Crippen LogP contribution in [-0.4, -0.2) is 37.0 Å². The molecule has 0 bridgehead atoms. The first kappa shape index (κ1) is 16.7. The van der Waals surface area contributed by atoms with Gasteiger partial charge in [0.2, 0.25) is 0 Å². The van der Waals surface area contributed by atoms with Crippen LogP contribution in [0.5, 0.6) is 0 Å². The largest absolute Gasteiger partial charge is 0.308 e. The Morgan fingerprint density at radius 1 is 0.625 bits per heavy atom. The van der Waals surface area contributed by atoms with Crippen molar-refractivity contribution in [1.29, 1.82) is 0 Å². The molecule has 0 fully saturated rings. The third kappa shape index (κ3) is 4.67. The molecule has 0 aromatic heterocycles. The third-order valence-electron chi connectivity index (χ3n) is 4.33. The van der Waals surface area contributed by atoms with Crippen molar-refractivity contribution in [2.75, 3.05) is 27.2 Å². The molecule has 24 heavy (non-hydrogen) atoms. The van der Waals surface area contributed by atoms with Crippen LogP contribution in [0.3, 0.4) is 0 Å². The molecule has 0 saturated carbocycles. The van der Waals surface area contributed by atoms with Gasteiger partial charge in [0.1, 0.15) is 0 Å². The molecule has 0 radical (unpaired) electrons. The average Bonchev–Trinajstić information content (AvgIpc) is 2.60. The first-order valence-electron chi connectivity index (χ1n) is 8.59. The van der Waals surface area contributed by atoms with Gasteiger partial charge in [-0.2, -0.15) is 0 Å². The van der Waals surface area contributed by atoms with Gasteiger partial charge >= 0.3 is 0 Å². The zero-order valence-corrected chi connectivity index (χ0v) is 14.7. The maximum atomic E-state index is 2.53. The van der Waals surface area contributed by atoms with Crippen LogP contribution in [0.25, 0.3) is 10.8 Å². The van der Waals surface area contributed by atoms with E-state index in [1.54, 1.807) is 0 Å². The lowest BCUT2D eigenvalue weighted by Crippen LogP contribution is -2.31. The van der Waals surface area contributed by atoms with Crippen LogP contribution in [0, 0.1) is 0 Å². The van der Waals surface area contributed by atoms with Gasteiger partial charge in [-0.15, -0.1) is 0 Å². The molecule has 0 aliphatic rings. The summed E-state index contributed by atoms with van der Waals surface area (Å²) in [6.07, 6.45) is 0. The number of rotatable bonds is 7. The van der Waals surface area contributed by atoms with Gasteiger partial charge in [0.25, 0.3) is 0 Å². The van der Waals surface area contributed by atoms with E-state index in [-0.39, 0.29) is 0 Å². The van der Waals surface area contributed by atoms with Gasteiger partial charge in [-0.1, -0.05) is 66.7 Å². The Labute approximate surface area is 145 Å². The predicted molar refractivity (Wildman–Crippen MR) is 103 cm³/mol. The zero-order chi connectivity index (χ0) is 16.8. The number of nitrogens with zero attached hydrogens (tertiary/aromatic N) is 2. The summed E-state index contributed by atoms with van der Waals surface area (Å²) in [6.45, 7) is 4.10. The fraction of sp³-hybridized carbons (Fsp3) is 0.273. The summed E-state index contributed by atoms with van der Waals surface area (Å²) in [5.74, 6) is 0. The Balaban J connectivity index is 1.76. The van der Waals surface area contributed by atoms with Crippen molar-refractivity contribution in [3.63, 3.8) is 0 Å². The molecule has 3 rings (SSSR count). The quantitative estimate of drug-likeness (QED) is 0.637. The van der Waals surface area contributed by atoms with E-state index >= 15 is 0 Å². The summed E-state index contributed by atoms with van der Waals surface area (Å²) >= 11 is 0. The van der Waals surface area contributed by atoms with Crippen molar-refractivity contribution in [3.05, 3.63) is 83.9 Å². The Hall–Kier alpha value is -2.16. The zero-order valence-electron chi connectivity index (χ0n) is 14.7. The average molecular weight is 318 g/mol. The minimum Gasteiger partial charge on any atom is -0.308 e. The molecule has 0 aliphatic heterocycles. The van der Waals surface area contributed by atoms with E-state index in [2.05, 4.69) is 96.7 Å². The van der Waals surface area contributed by atoms with Crippen molar-refractivity contribution in [2.24, 2.45) is 0 Å². The molecule has 2 heteroatoms. The van der Waals surface area contributed by atoms with Gasteiger partial charge in [-0.05, 0) is 42.1 Å².